The van der Waals surface area contributed by atoms with Gasteiger partial charge in [0.05, 0.1) is 31.8 Å². The summed E-state index contributed by atoms with van der Waals surface area (Å²) in [4.78, 5) is 4.01. The largest absolute Gasteiger partial charge is 0.394 e. The Bertz CT molecular complexity index is 352. The van der Waals surface area contributed by atoms with Crippen LogP contribution in [0.5, 0.6) is 0 Å². The van der Waals surface area contributed by atoms with E-state index in [4.69, 9.17) is 10.2 Å². The monoisotopic (exact) mass is 250 g/mol. The van der Waals surface area contributed by atoms with Crippen molar-refractivity contribution in [2.45, 2.75) is 12.1 Å². The molecule has 2 rings (SSSR count). The molecule has 2 aliphatic heterocycles. The lowest BCUT2D eigenvalue weighted by atomic mass is 10.3. The van der Waals surface area contributed by atoms with Gasteiger partial charge in [-0.05, 0) is 0 Å². The molecule has 2 heterocycles. The molecule has 2 aliphatic rings. The minimum atomic E-state index is -0.399. The van der Waals surface area contributed by atoms with Gasteiger partial charge in [-0.1, -0.05) is 25.3 Å². The van der Waals surface area contributed by atoms with Crippen LogP contribution in [-0.4, -0.2) is 58.4 Å². The molecule has 0 spiro atoms. The van der Waals surface area contributed by atoms with E-state index in [0.717, 1.165) is 24.5 Å². The molecule has 2 N–H and O–H groups in total. The summed E-state index contributed by atoms with van der Waals surface area (Å²) in [5.74, 6) is 0. The summed E-state index contributed by atoms with van der Waals surface area (Å²) in [7, 11) is 0. The molecule has 4 nitrogen and oxygen atoms in total. The van der Waals surface area contributed by atoms with Gasteiger partial charge in [0.1, 0.15) is 0 Å². The third-order valence-corrected chi connectivity index (χ3v) is 2.91. The minimum Gasteiger partial charge on any atom is -0.394 e. The molecule has 2 unspecified atom stereocenters. The molecule has 0 aromatic heterocycles. The third kappa shape index (κ3) is 4.39. The second-order valence-corrected chi connectivity index (χ2v) is 4.43. The average molecular weight is 250 g/mol. The summed E-state index contributed by atoms with van der Waals surface area (Å²) in [6, 6.07) is 0.0949. The van der Waals surface area contributed by atoms with Gasteiger partial charge < -0.3 is 20.0 Å². The van der Waals surface area contributed by atoms with Gasteiger partial charge in [0.25, 0.3) is 0 Å². The summed E-state index contributed by atoms with van der Waals surface area (Å²) < 4.78 is 0. The molecule has 2 atom stereocenters. The molecule has 2 fully saturated rings. The number of aliphatic hydroxyl groups excluding tert-OH is 2. The Labute approximate surface area is 109 Å². The number of β-amino-alcohol motifs (C(OH)–C–C–N with tert-alkyl or cyclic N) is 1. The highest BCUT2D eigenvalue weighted by Gasteiger charge is 2.28. The van der Waals surface area contributed by atoms with E-state index in [1.807, 2.05) is 9.80 Å². The van der Waals surface area contributed by atoms with Crippen molar-refractivity contribution in [2.24, 2.45) is 0 Å². The topological polar surface area (TPSA) is 46.5 Å². The Morgan fingerprint density at radius 1 is 1.17 bits per heavy atom. The van der Waals surface area contributed by atoms with Crippen LogP contribution in [0.25, 0.3) is 0 Å². The average Bonchev–Trinajstić information content (AvgIpc) is 3.23. The lowest BCUT2D eigenvalue weighted by molar-refractivity contribution is 0.202. The number of rotatable bonds is 6. The van der Waals surface area contributed by atoms with Crippen LogP contribution in [0.3, 0.4) is 0 Å². The molecule has 0 saturated carbocycles. The predicted octanol–water partition coefficient (Wildman–Crippen LogP) is 0.725. The third-order valence-electron chi connectivity index (χ3n) is 2.91. The zero-order valence-corrected chi connectivity index (χ0v) is 10.8. The van der Waals surface area contributed by atoms with Crippen molar-refractivity contribution in [3.8, 4) is 0 Å². The molecule has 0 aliphatic carbocycles. The maximum absolute atomic E-state index is 8.99. The number of nitrogens with zero attached hydrogens (tertiary/aromatic N) is 2. The molecule has 0 aromatic rings. The lowest BCUT2D eigenvalue weighted by Gasteiger charge is -2.08. The zero-order valence-electron chi connectivity index (χ0n) is 10.8. The molecule has 0 amide bonds. The van der Waals surface area contributed by atoms with Crippen molar-refractivity contribution in [2.75, 3.05) is 26.2 Å². The van der Waals surface area contributed by atoms with Crippen molar-refractivity contribution in [1.29, 1.82) is 0 Å². The number of hydrogen-bond acceptors (Lipinski definition) is 4. The van der Waals surface area contributed by atoms with E-state index in [1.165, 1.54) is 6.08 Å². The molecule has 0 aromatic carbocycles. The van der Waals surface area contributed by atoms with Gasteiger partial charge in [-0.15, -0.1) is 13.2 Å². The highest BCUT2D eigenvalue weighted by molar-refractivity contribution is 5.18. The van der Waals surface area contributed by atoms with Crippen LogP contribution in [0.2, 0.25) is 0 Å². The minimum absolute atomic E-state index is 0.0949. The first-order valence-electron chi connectivity index (χ1n) is 5.94. The second-order valence-electron chi connectivity index (χ2n) is 4.43. The maximum atomic E-state index is 8.99. The van der Waals surface area contributed by atoms with Crippen LogP contribution in [0.4, 0.5) is 0 Å². The highest BCUT2D eigenvalue weighted by Crippen LogP contribution is 2.23. The van der Waals surface area contributed by atoms with Gasteiger partial charge in [-0.25, -0.2) is 0 Å². The van der Waals surface area contributed by atoms with E-state index in [0.29, 0.717) is 6.54 Å². The van der Waals surface area contributed by atoms with Crippen molar-refractivity contribution >= 4 is 0 Å². The van der Waals surface area contributed by atoms with Gasteiger partial charge in [-0.2, -0.15) is 0 Å². The van der Waals surface area contributed by atoms with E-state index in [9.17, 15) is 0 Å². The maximum Gasteiger partial charge on any atom is 0.0893 e. The summed E-state index contributed by atoms with van der Waals surface area (Å²) in [5, 5.41) is 17.7. The highest BCUT2D eigenvalue weighted by atomic mass is 16.3. The fraction of sp³-hybridized carbons (Fsp3) is 0.429. The SMILES string of the molecule is C=CC(CO)N1CC1=C.C=CC(O)CN1CC1=C. The van der Waals surface area contributed by atoms with E-state index >= 15 is 0 Å². The molecule has 0 radical (unpaired) electrons. The molecule has 100 valence electrons. The predicted molar refractivity (Wildman–Crippen MR) is 73.8 cm³/mol. The first-order chi connectivity index (χ1) is 8.53. The lowest BCUT2D eigenvalue weighted by Crippen LogP contribution is -2.19. The summed E-state index contributed by atoms with van der Waals surface area (Å²) >= 11 is 0. The Morgan fingerprint density at radius 3 is 1.94 bits per heavy atom. The molecular weight excluding hydrogens is 228 g/mol. The fourth-order valence-corrected chi connectivity index (χ4v) is 1.49. The first kappa shape index (κ1) is 14.5. The van der Waals surface area contributed by atoms with E-state index in [-0.39, 0.29) is 12.6 Å². The second kappa shape index (κ2) is 6.42. The Hall–Kier alpha value is -1.52. The van der Waals surface area contributed by atoms with E-state index < -0.39 is 6.10 Å². The normalized spacial score (nSPS) is 19.7. The Kier molecular flexibility index (Phi) is 5.19. The van der Waals surface area contributed by atoms with Crippen molar-refractivity contribution in [3.63, 3.8) is 0 Å². The van der Waals surface area contributed by atoms with Gasteiger partial charge in [0.15, 0.2) is 0 Å². The number of hydrogen-bond donors (Lipinski definition) is 2. The van der Waals surface area contributed by atoms with Gasteiger partial charge >= 0.3 is 0 Å². The van der Waals surface area contributed by atoms with Crippen LogP contribution in [0, 0.1) is 0 Å². The summed E-state index contributed by atoms with van der Waals surface area (Å²) in [6.45, 7) is 17.1. The zero-order chi connectivity index (χ0) is 13.7. The summed E-state index contributed by atoms with van der Waals surface area (Å²) in [6.07, 6.45) is 2.87. The van der Waals surface area contributed by atoms with Crippen molar-refractivity contribution in [3.05, 3.63) is 49.9 Å². The van der Waals surface area contributed by atoms with Crippen LogP contribution in [0.15, 0.2) is 49.9 Å². The number of aliphatic hydroxyl groups is 2. The van der Waals surface area contributed by atoms with Crippen LogP contribution >= 0.6 is 0 Å². The molecule has 4 heteroatoms. The van der Waals surface area contributed by atoms with E-state index in [2.05, 4.69) is 26.3 Å². The first-order valence-corrected chi connectivity index (χ1v) is 5.94. The van der Waals surface area contributed by atoms with Crippen LogP contribution in [0.1, 0.15) is 0 Å². The molecule has 0 bridgehead atoms. The fourth-order valence-electron chi connectivity index (χ4n) is 1.49. The Balaban J connectivity index is 0.000000180. The smallest absolute Gasteiger partial charge is 0.0893 e. The molecular formula is C14H22N2O2. The van der Waals surface area contributed by atoms with Crippen LogP contribution < -0.4 is 0 Å². The van der Waals surface area contributed by atoms with Crippen molar-refractivity contribution < 1.29 is 10.2 Å². The standard InChI is InChI=1S/2C7H11NO/c1-3-7(5-9)8-4-6(8)2;1-3-7(9)5-8-4-6(8)2/h2*3,7,9H,1-2,4-5H2. The molecule has 18 heavy (non-hydrogen) atoms. The Morgan fingerprint density at radius 2 is 1.72 bits per heavy atom. The quantitative estimate of drug-likeness (QED) is 0.539. The van der Waals surface area contributed by atoms with Crippen LogP contribution in [-0.2, 0) is 0 Å². The van der Waals surface area contributed by atoms with Crippen molar-refractivity contribution in [1.82, 2.24) is 9.80 Å². The van der Waals surface area contributed by atoms with Gasteiger partial charge in [0.2, 0.25) is 0 Å². The van der Waals surface area contributed by atoms with Gasteiger partial charge in [-0.3, -0.25) is 0 Å². The van der Waals surface area contributed by atoms with Gasteiger partial charge in [0, 0.05) is 17.9 Å². The summed E-state index contributed by atoms with van der Waals surface area (Å²) in [5.41, 5.74) is 2.20. The molecule has 2 saturated heterocycles. The van der Waals surface area contributed by atoms with E-state index in [1.54, 1.807) is 6.08 Å².